The van der Waals surface area contributed by atoms with E-state index in [1.807, 2.05) is 0 Å². The van der Waals surface area contributed by atoms with Crippen molar-refractivity contribution in [3.05, 3.63) is 41.5 Å². The monoisotopic (exact) mass is 323 g/mol. The Hall–Kier alpha value is -1.28. The summed E-state index contributed by atoms with van der Waals surface area (Å²) in [6.45, 7) is 8.95. The maximum Gasteiger partial charge on any atom is 0.0858 e. The molecule has 2 bridgehead atoms. The van der Waals surface area contributed by atoms with Crippen molar-refractivity contribution < 1.29 is 4.74 Å². The van der Waals surface area contributed by atoms with Gasteiger partial charge in [0.05, 0.1) is 6.10 Å². The molecule has 2 saturated carbocycles. The molecule has 0 amide bonds. The van der Waals surface area contributed by atoms with Gasteiger partial charge in [0.25, 0.3) is 0 Å². The molecular weight excluding hydrogens is 294 g/mol. The fraction of sp³-hybridized carbons (Fsp3) is 0.636. The average molecular weight is 323 g/mol. The lowest BCUT2D eigenvalue weighted by molar-refractivity contribution is -0.106. The van der Waals surface area contributed by atoms with Crippen LogP contribution >= 0.6 is 0 Å². The van der Waals surface area contributed by atoms with Crippen LogP contribution in [0.1, 0.15) is 49.8 Å². The van der Waals surface area contributed by atoms with Crippen LogP contribution in [0.4, 0.5) is 5.69 Å². The maximum atomic E-state index is 6.38. The summed E-state index contributed by atoms with van der Waals surface area (Å²) in [7, 11) is 2.22. The van der Waals surface area contributed by atoms with Gasteiger partial charge in [-0.15, -0.1) is 0 Å². The van der Waals surface area contributed by atoms with Gasteiger partial charge < -0.3 is 9.64 Å². The Kier molecular flexibility index (Phi) is 3.20. The highest BCUT2D eigenvalue weighted by atomic mass is 16.5. The predicted octanol–water partition coefficient (Wildman–Crippen LogP) is 4.75. The van der Waals surface area contributed by atoms with Crippen LogP contribution in [0.15, 0.2) is 30.4 Å². The topological polar surface area (TPSA) is 12.5 Å². The Balaban J connectivity index is 1.51. The molecule has 2 aliphatic heterocycles. The fourth-order valence-electron chi connectivity index (χ4n) is 6.47. The van der Waals surface area contributed by atoms with Crippen molar-refractivity contribution in [2.24, 2.45) is 23.2 Å². The molecule has 0 N–H and O–H groups in total. The molecular formula is C22H29NO. The second-order valence-electron chi connectivity index (χ2n) is 8.73. The minimum Gasteiger partial charge on any atom is -0.374 e. The van der Waals surface area contributed by atoms with E-state index in [1.165, 1.54) is 61.0 Å². The molecule has 1 saturated heterocycles. The zero-order valence-corrected chi connectivity index (χ0v) is 15.1. The molecule has 1 aromatic carbocycles. The summed E-state index contributed by atoms with van der Waals surface area (Å²) < 4.78 is 6.38. The summed E-state index contributed by atoms with van der Waals surface area (Å²) in [5, 5.41) is 0. The van der Waals surface area contributed by atoms with E-state index in [9.17, 15) is 0 Å². The van der Waals surface area contributed by atoms with Crippen LogP contribution in [0.5, 0.6) is 0 Å². The third-order valence-corrected chi connectivity index (χ3v) is 7.86. The van der Waals surface area contributed by atoms with E-state index in [0.717, 1.165) is 12.5 Å². The van der Waals surface area contributed by atoms with Crippen molar-refractivity contribution in [2.45, 2.75) is 45.1 Å². The first kappa shape index (κ1) is 15.0. The SMILES string of the molecule is C=C1[C@@H]2C[C@@H]3[C@@H](c4ccc5c(c4)CCCN5C)OCC[C@]3(C2)[C@H]1C. The van der Waals surface area contributed by atoms with Gasteiger partial charge in [-0.2, -0.15) is 0 Å². The predicted molar refractivity (Wildman–Crippen MR) is 98.3 cm³/mol. The number of fused-ring (bicyclic) bond motifs is 2. The van der Waals surface area contributed by atoms with Crippen molar-refractivity contribution in [3.8, 4) is 0 Å². The first-order valence-electron chi connectivity index (χ1n) is 9.74. The molecule has 1 aromatic rings. The Labute approximate surface area is 145 Å². The van der Waals surface area contributed by atoms with E-state index >= 15 is 0 Å². The lowest BCUT2D eigenvalue weighted by Gasteiger charge is -2.48. The fourth-order valence-corrected chi connectivity index (χ4v) is 6.47. The molecule has 1 spiro atoms. The third-order valence-electron chi connectivity index (χ3n) is 7.86. The van der Waals surface area contributed by atoms with Crippen molar-refractivity contribution in [3.63, 3.8) is 0 Å². The quantitative estimate of drug-likeness (QED) is 0.692. The number of aryl methyl sites for hydroxylation is 1. The zero-order chi connectivity index (χ0) is 16.5. The number of hydrogen-bond acceptors (Lipinski definition) is 2. The van der Waals surface area contributed by atoms with Crippen molar-refractivity contribution in [1.82, 2.24) is 0 Å². The Morgan fingerprint density at radius 3 is 3.04 bits per heavy atom. The summed E-state index contributed by atoms with van der Waals surface area (Å²) in [4.78, 5) is 2.40. The molecule has 128 valence electrons. The largest absolute Gasteiger partial charge is 0.374 e. The van der Waals surface area contributed by atoms with Crippen molar-refractivity contribution in [1.29, 1.82) is 0 Å². The molecule has 5 rings (SSSR count). The van der Waals surface area contributed by atoms with Gasteiger partial charge in [0.2, 0.25) is 0 Å². The Morgan fingerprint density at radius 2 is 2.21 bits per heavy atom. The van der Waals surface area contributed by atoms with Crippen LogP contribution in [-0.4, -0.2) is 20.2 Å². The van der Waals surface area contributed by atoms with E-state index in [4.69, 9.17) is 4.74 Å². The van der Waals surface area contributed by atoms with Gasteiger partial charge in [-0.1, -0.05) is 31.2 Å². The molecule has 0 aromatic heterocycles. The van der Waals surface area contributed by atoms with Gasteiger partial charge in [-0.25, -0.2) is 0 Å². The number of benzene rings is 1. The first-order chi connectivity index (χ1) is 11.6. The summed E-state index contributed by atoms with van der Waals surface area (Å²) in [5.74, 6) is 2.12. The van der Waals surface area contributed by atoms with Crippen LogP contribution in [0.2, 0.25) is 0 Å². The van der Waals surface area contributed by atoms with Gasteiger partial charge >= 0.3 is 0 Å². The molecule has 0 unspecified atom stereocenters. The number of hydrogen-bond donors (Lipinski definition) is 0. The molecule has 24 heavy (non-hydrogen) atoms. The molecule has 2 aliphatic carbocycles. The minimum absolute atomic E-state index is 0.303. The van der Waals surface area contributed by atoms with E-state index in [2.05, 4.69) is 43.6 Å². The summed E-state index contributed by atoms with van der Waals surface area (Å²) in [6.07, 6.45) is 6.68. The van der Waals surface area contributed by atoms with Gasteiger partial charge in [-0.05, 0) is 72.5 Å². The lowest BCUT2D eigenvalue weighted by Crippen LogP contribution is -2.42. The van der Waals surface area contributed by atoms with Gasteiger partial charge in [0.15, 0.2) is 0 Å². The number of allylic oxidation sites excluding steroid dienone is 1. The van der Waals surface area contributed by atoms with Crippen LogP contribution in [0, 0.1) is 23.2 Å². The highest BCUT2D eigenvalue weighted by Crippen LogP contribution is 2.68. The second-order valence-corrected chi connectivity index (χ2v) is 8.73. The smallest absolute Gasteiger partial charge is 0.0858 e. The molecule has 0 radical (unpaired) electrons. The highest BCUT2D eigenvalue weighted by molar-refractivity contribution is 5.56. The molecule has 2 heteroatoms. The van der Waals surface area contributed by atoms with E-state index in [-0.39, 0.29) is 0 Å². The molecule has 2 heterocycles. The summed E-state index contributed by atoms with van der Waals surface area (Å²) in [5.41, 5.74) is 6.37. The Bertz CT molecular complexity index is 695. The number of ether oxygens (including phenoxy) is 1. The Morgan fingerprint density at radius 1 is 1.33 bits per heavy atom. The van der Waals surface area contributed by atoms with Gasteiger partial charge in [0.1, 0.15) is 0 Å². The first-order valence-corrected chi connectivity index (χ1v) is 9.74. The van der Waals surface area contributed by atoms with Crippen molar-refractivity contribution >= 4 is 5.69 Å². The van der Waals surface area contributed by atoms with Crippen LogP contribution in [-0.2, 0) is 11.2 Å². The third kappa shape index (κ3) is 1.87. The average Bonchev–Trinajstić information content (AvgIpc) is 3.09. The van der Waals surface area contributed by atoms with E-state index < -0.39 is 0 Å². The second kappa shape index (κ2) is 5.11. The number of nitrogens with zero attached hydrogens (tertiary/aromatic N) is 1. The van der Waals surface area contributed by atoms with Crippen LogP contribution < -0.4 is 4.90 Å². The standard InChI is InChI=1S/C22H29NO/c1-14-15(2)22-8-10-24-21(19(22)12-18(14)13-22)17-6-7-20-16(11-17)5-4-9-23(20)3/h6-7,11,15,18-19,21H,1,4-5,8-10,12-13H2,2-3H3/t15-,18+,19+,21+,22-/m0/s1. The molecule has 3 fully saturated rings. The van der Waals surface area contributed by atoms with E-state index in [0.29, 0.717) is 23.4 Å². The maximum absolute atomic E-state index is 6.38. The van der Waals surface area contributed by atoms with Gasteiger partial charge in [0, 0.05) is 25.9 Å². The number of rotatable bonds is 1. The van der Waals surface area contributed by atoms with Crippen LogP contribution in [0.3, 0.4) is 0 Å². The molecule has 4 aliphatic rings. The number of anilines is 1. The minimum atomic E-state index is 0.303. The summed E-state index contributed by atoms with van der Waals surface area (Å²) in [6, 6.07) is 7.14. The normalized spacial score (nSPS) is 40.6. The molecule has 2 nitrogen and oxygen atoms in total. The van der Waals surface area contributed by atoms with Gasteiger partial charge in [-0.3, -0.25) is 0 Å². The summed E-state index contributed by atoms with van der Waals surface area (Å²) >= 11 is 0. The van der Waals surface area contributed by atoms with E-state index in [1.54, 1.807) is 0 Å². The van der Waals surface area contributed by atoms with Crippen LogP contribution in [0.25, 0.3) is 0 Å². The molecule has 5 atom stereocenters. The zero-order valence-electron chi connectivity index (χ0n) is 15.1. The van der Waals surface area contributed by atoms with Crippen molar-refractivity contribution in [2.75, 3.05) is 25.1 Å². The highest BCUT2D eigenvalue weighted by Gasteiger charge is 2.61. The lowest BCUT2D eigenvalue weighted by atomic mass is 9.62.